The number of hydrogen-bond donors (Lipinski definition) is 2. The number of benzene rings is 2. The van der Waals surface area contributed by atoms with Crippen molar-refractivity contribution in [3.63, 3.8) is 0 Å². The molecule has 0 saturated heterocycles. The predicted molar refractivity (Wildman–Crippen MR) is 87.2 cm³/mol. The Hall–Kier alpha value is -1.21. The molecule has 0 heterocycles. The standard InChI is InChI=1S/C15H17BrN2O2S/c1-11-5-6-13(8-15(11)16)10-18-9-12-3-2-4-14(7-12)21(17,19)20/h2-8,18H,9-10H2,1H3,(H2,17,19,20). The van der Waals surface area contributed by atoms with Crippen LogP contribution < -0.4 is 10.5 Å². The molecule has 2 rings (SSSR count). The Labute approximate surface area is 133 Å². The van der Waals surface area contributed by atoms with Crippen LogP contribution in [0.1, 0.15) is 16.7 Å². The number of hydrogen-bond acceptors (Lipinski definition) is 3. The lowest BCUT2D eigenvalue weighted by Gasteiger charge is -2.08. The molecule has 4 nitrogen and oxygen atoms in total. The van der Waals surface area contributed by atoms with Crippen LogP contribution in [0.2, 0.25) is 0 Å². The van der Waals surface area contributed by atoms with Gasteiger partial charge in [-0.2, -0.15) is 0 Å². The third-order valence-corrected chi connectivity index (χ3v) is 4.89. The van der Waals surface area contributed by atoms with Crippen molar-refractivity contribution >= 4 is 26.0 Å². The van der Waals surface area contributed by atoms with Crippen molar-refractivity contribution in [1.82, 2.24) is 5.32 Å². The highest BCUT2D eigenvalue weighted by Gasteiger charge is 2.07. The molecule has 0 aromatic heterocycles. The summed E-state index contributed by atoms with van der Waals surface area (Å²) in [5, 5.41) is 8.41. The molecule has 21 heavy (non-hydrogen) atoms. The SMILES string of the molecule is Cc1ccc(CNCc2cccc(S(N)(=O)=O)c2)cc1Br. The third-order valence-electron chi connectivity index (χ3n) is 3.12. The van der Waals surface area contributed by atoms with Gasteiger partial charge in [0, 0.05) is 17.6 Å². The third kappa shape index (κ3) is 4.64. The smallest absolute Gasteiger partial charge is 0.238 e. The number of nitrogens with one attached hydrogen (secondary N) is 1. The Kier molecular flexibility index (Phi) is 5.16. The summed E-state index contributed by atoms with van der Waals surface area (Å²) in [6.45, 7) is 3.33. The molecular formula is C15H17BrN2O2S. The van der Waals surface area contributed by atoms with Crippen molar-refractivity contribution in [2.45, 2.75) is 24.9 Å². The molecule has 0 aliphatic heterocycles. The number of rotatable bonds is 5. The largest absolute Gasteiger partial charge is 0.309 e. The quantitative estimate of drug-likeness (QED) is 0.851. The zero-order chi connectivity index (χ0) is 15.5. The molecule has 0 fully saturated rings. The summed E-state index contributed by atoms with van der Waals surface area (Å²) < 4.78 is 23.7. The van der Waals surface area contributed by atoms with E-state index < -0.39 is 10.0 Å². The van der Waals surface area contributed by atoms with E-state index in [0.717, 1.165) is 15.6 Å². The summed E-state index contributed by atoms with van der Waals surface area (Å²) in [6.07, 6.45) is 0. The van der Waals surface area contributed by atoms with Crippen molar-refractivity contribution in [2.75, 3.05) is 0 Å². The predicted octanol–water partition coefficient (Wildman–Crippen LogP) is 2.69. The molecule has 0 aliphatic rings. The summed E-state index contributed by atoms with van der Waals surface area (Å²) in [6, 6.07) is 12.8. The molecule has 2 aromatic carbocycles. The highest BCUT2D eigenvalue weighted by molar-refractivity contribution is 9.10. The minimum atomic E-state index is -3.65. The minimum Gasteiger partial charge on any atom is -0.309 e. The van der Waals surface area contributed by atoms with Gasteiger partial charge in [-0.25, -0.2) is 13.6 Å². The number of sulfonamides is 1. The first-order valence-electron chi connectivity index (χ1n) is 6.44. The molecule has 0 bridgehead atoms. The van der Waals surface area contributed by atoms with Gasteiger partial charge >= 0.3 is 0 Å². The van der Waals surface area contributed by atoms with Gasteiger partial charge in [0.25, 0.3) is 0 Å². The Bertz CT molecular complexity index is 745. The van der Waals surface area contributed by atoms with Gasteiger partial charge < -0.3 is 5.32 Å². The van der Waals surface area contributed by atoms with Crippen LogP contribution in [0.5, 0.6) is 0 Å². The highest BCUT2D eigenvalue weighted by Crippen LogP contribution is 2.17. The van der Waals surface area contributed by atoms with Crippen LogP contribution in [0, 0.1) is 6.92 Å². The van der Waals surface area contributed by atoms with Gasteiger partial charge in [-0.3, -0.25) is 0 Å². The Morgan fingerprint density at radius 3 is 2.38 bits per heavy atom. The van der Waals surface area contributed by atoms with E-state index in [1.807, 2.05) is 13.0 Å². The monoisotopic (exact) mass is 368 g/mol. The topological polar surface area (TPSA) is 72.2 Å². The molecule has 3 N–H and O–H groups in total. The van der Waals surface area contributed by atoms with Crippen molar-refractivity contribution in [3.05, 3.63) is 63.6 Å². The molecule has 112 valence electrons. The van der Waals surface area contributed by atoms with E-state index in [2.05, 4.69) is 39.4 Å². The Balaban J connectivity index is 1.99. The van der Waals surface area contributed by atoms with Gasteiger partial charge in [0.15, 0.2) is 0 Å². The first-order valence-corrected chi connectivity index (χ1v) is 8.78. The van der Waals surface area contributed by atoms with E-state index in [9.17, 15) is 8.42 Å². The van der Waals surface area contributed by atoms with Crippen molar-refractivity contribution in [1.29, 1.82) is 0 Å². The Morgan fingerprint density at radius 2 is 1.76 bits per heavy atom. The van der Waals surface area contributed by atoms with Gasteiger partial charge in [0.2, 0.25) is 10.0 Å². The number of halogens is 1. The first kappa shape index (κ1) is 16.2. The van der Waals surface area contributed by atoms with Crippen LogP contribution in [-0.4, -0.2) is 8.42 Å². The average Bonchev–Trinajstić information content (AvgIpc) is 2.42. The van der Waals surface area contributed by atoms with Crippen LogP contribution in [0.25, 0.3) is 0 Å². The molecule has 0 atom stereocenters. The van der Waals surface area contributed by atoms with E-state index in [0.29, 0.717) is 13.1 Å². The molecule has 0 unspecified atom stereocenters. The fourth-order valence-corrected chi connectivity index (χ4v) is 2.94. The summed E-state index contributed by atoms with van der Waals surface area (Å²) in [5.74, 6) is 0. The van der Waals surface area contributed by atoms with E-state index in [4.69, 9.17) is 5.14 Å². The highest BCUT2D eigenvalue weighted by atomic mass is 79.9. The van der Waals surface area contributed by atoms with E-state index >= 15 is 0 Å². The molecule has 6 heteroatoms. The second-order valence-electron chi connectivity index (χ2n) is 4.88. The number of primary sulfonamides is 1. The summed E-state index contributed by atoms with van der Waals surface area (Å²) >= 11 is 3.51. The second-order valence-corrected chi connectivity index (χ2v) is 7.30. The first-order chi connectivity index (χ1) is 9.86. The van der Waals surface area contributed by atoms with Gasteiger partial charge in [-0.15, -0.1) is 0 Å². The van der Waals surface area contributed by atoms with Crippen LogP contribution in [-0.2, 0) is 23.1 Å². The lowest BCUT2D eigenvalue weighted by Crippen LogP contribution is -2.15. The van der Waals surface area contributed by atoms with E-state index in [-0.39, 0.29) is 4.90 Å². The summed E-state index contributed by atoms with van der Waals surface area (Å²) in [7, 11) is -3.65. The van der Waals surface area contributed by atoms with E-state index in [1.165, 1.54) is 11.6 Å². The van der Waals surface area contributed by atoms with Crippen molar-refractivity contribution < 1.29 is 8.42 Å². The summed E-state index contributed by atoms with van der Waals surface area (Å²) in [4.78, 5) is 0.139. The lowest BCUT2D eigenvalue weighted by molar-refractivity contribution is 0.597. The van der Waals surface area contributed by atoms with Crippen LogP contribution >= 0.6 is 15.9 Å². The zero-order valence-corrected chi connectivity index (χ0v) is 14.0. The van der Waals surface area contributed by atoms with E-state index in [1.54, 1.807) is 12.1 Å². The molecular weight excluding hydrogens is 352 g/mol. The maximum Gasteiger partial charge on any atom is 0.238 e. The normalized spacial score (nSPS) is 11.6. The van der Waals surface area contributed by atoms with Crippen molar-refractivity contribution in [3.8, 4) is 0 Å². The lowest BCUT2D eigenvalue weighted by atomic mass is 10.1. The van der Waals surface area contributed by atoms with Gasteiger partial charge in [-0.1, -0.05) is 40.2 Å². The average molecular weight is 369 g/mol. The van der Waals surface area contributed by atoms with Crippen LogP contribution in [0.15, 0.2) is 51.8 Å². The zero-order valence-electron chi connectivity index (χ0n) is 11.6. The molecule has 0 radical (unpaired) electrons. The molecule has 0 saturated carbocycles. The minimum absolute atomic E-state index is 0.139. The summed E-state index contributed by atoms with van der Waals surface area (Å²) in [5.41, 5.74) is 3.24. The molecule has 0 aliphatic carbocycles. The fourth-order valence-electron chi connectivity index (χ4n) is 1.93. The van der Waals surface area contributed by atoms with Crippen LogP contribution in [0.3, 0.4) is 0 Å². The van der Waals surface area contributed by atoms with Gasteiger partial charge in [-0.05, 0) is 41.8 Å². The Morgan fingerprint density at radius 1 is 1.10 bits per heavy atom. The number of nitrogens with two attached hydrogens (primary N) is 1. The second kappa shape index (κ2) is 6.70. The maximum absolute atomic E-state index is 11.3. The molecule has 0 spiro atoms. The molecule has 2 aromatic rings. The molecule has 0 amide bonds. The maximum atomic E-state index is 11.3. The van der Waals surface area contributed by atoms with Crippen LogP contribution in [0.4, 0.5) is 0 Å². The van der Waals surface area contributed by atoms with Gasteiger partial charge in [0.1, 0.15) is 0 Å². The van der Waals surface area contributed by atoms with Gasteiger partial charge in [0.05, 0.1) is 4.90 Å². The van der Waals surface area contributed by atoms with Crippen molar-refractivity contribution in [2.24, 2.45) is 5.14 Å². The number of aryl methyl sites for hydroxylation is 1. The fraction of sp³-hybridized carbons (Fsp3) is 0.200.